The second-order valence-electron chi connectivity index (χ2n) is 10.6. The number of halogens is 1. The van der Waals surface area contributed by atoms with Crippen LogP contribution in [0.1, 0.15) is 56.6 Å². The van der Waals surface area contributed by atoms with Gasteiger partial charge < -0.3 is 14.4 Å². The van der Waals surface area contributed by atoms with Crippen LogP contribution in [-0.4, -0.2) is 54.1 Å². The van der Waals surface area contributed by atoms with Crippen LogP contribution in [0.5, 0.6) is 5.75 Å². The number of hydrogen-bond acceptors (Lipinski definition) is 7. The molecule has 0 saturated carbocycles. The molecule has 0 unspecified atom stereocenters. The SMILES string of the molecule is Cc1c(-c2cc(OCc3ncccc3F)c3c(C#N)cnn3c2)cnn1C1CCN(C(=O)OC(C)(C)C)CC1. The van der Waals surface area contributed by atoms with E-state index in [4.69, 9.17) is 9.47 Å². The number of nitriles is 1. The van der Waals surface area contributed by atoms with Crippen LogP contribution in [0.2, 0.25) is 0 Å². The number of pyridine rings is 2. The first-order chi connectivity index (χ1) is 18.6. The summed E-state index contributed by atoms with van der Waals surface area (Å²) in [7, 11) is 0. The number of fused-ring (bicyclic) bond motifs is 1. The van der Waals surface area contributed by atoms with Crippen molar-refractivity contribution in [3.05, 3.63) is 65.8 Å². The predicted molar refractivity (Wildman–Crippen MR) is 140 cm³/mol. The van der Waals surface area contributed by atoms with Crippen LogP contribution in [0.4, 0.5) is 9.18 Å². The first-order valence-electron chi connectivity index (χ1n) is 12.8. The van der Waals surface area contributed by atoms with E-state index in [0.29, 0.717) is 29.9 Å². The maximum atomic E-state index is 14.2. The number of aromatic nitrogens is 5. The van der Waals surface area contributed by atoms with Gasteiger partial charge in [-0.25, -0.2) is 13.7 Å². The molecule has 10 nitrogen and oxygen atoms in total. The Morgan fingerprint density at radius 2 is 2.00 bits per heavy atom. The molecule has 4 aromatic heterocycles. The molecule has 0 radical (unpaired) electrons. The van der Waals surface area contributed by atoms with Gasteiger partial charge in [-0.05, 0) is 58.7 Å². The van der Waals surface area contributed by atoms with E-state index in [1.54, 1.807) is 15.6 Å². The van der Waals surface area contributed by atoms with Gasteiger partial charge in [-0.2, -0.15) is 15.5 Å². The van der Waals surface area contributed by atoms with Crippen LogP contribution < -0.4 is 4.74 Å². The van der Waals surface area contributed by atoms with Gasteiger partial charge in [-0.15, -0.1) is 0 Å². The Bertz CT molecular complexity index is 1560. The number of carbonyl (C=O) groups excluding carboxylic acids is 1. The van der Waals surface area contributed by atoms with E-state index in [1.165, 1.54) is 24.5 Å². The van der Waals surface area contributed by atoms with E-state index in [9.17, 15) is 14.4 Å². The smallest absolute Gasteiger partial charge is 0.410 e. The molecule has 202 valence electrons. The predicted octanol–water partition coefficient (Wildman–Crippen LogP) is 5.06. The molecule has 1 saturated heterocycles. The fourth-order valence-electron chi connectivity index (χ4n) is 4.79. The zero-order valence-corrected chi connectivity index (χ0v) is 22.4. The summed E-state index contributed by atoms with van der Waals surface area (Å²) >= 11 is 0. The van der Waals surface area contributed by atoms with Gasteiger partial charge in [0.05, 0.1) is 18.4 Å². The van der Waals surface area contributed by atoms with E-state index < -0.39 is 11.4 Å². The minimum Gasteiger partial charge on any atom is -0.485 e. The van der Waals surface area contributed by atoms with Gasteiger partial charge in [0.2, 0.25) is 0 Å². The van der Waals surface area contributed by atoms with Crippen molar-refractivity contribution in [3.63, 3.8) is 0 Å². The molecule has 1 aliphatic rings. The van der Waals surface area contributed by atoms with E-state index in [1.807, 2.05) is 44.6 Å². The Morgan fingerprint density at radius 3 is 2.69 bits per heavy atom. The summed E-state index contributed by atoms with van der Waals surface area (Å²) in [4.78, 5) is 18.3. The minimum absolute atomic E-state index is 0.101. The van der Waals surface area contributed by atoms with Crippen molar-refractivity contribution in [3.8, 4) is 22.9 Å². The van der Waals surface area contributed by atoms with Crippen LogP contribution in [0.3, 0.4) is 0 Å². The molecular weight excluding hydrogens is 501 g/mol. The summed E-state index contributed by atoms with van der Waals surface area (Å²) < 4.78 is 29.3. The first kappa shape index (κ1) is 26.2. The molecule has 0 bridgehead atoms. The van der Waals surface area contributed by atoms with Crippen molar-refractivity contribution in [2.75, 3.05) is 13.1 Å². The summed E-state index contributed by atoms with van der Waals surface area (Å²) in [6.45, 7) is 8.67. The van der Waals surface area contributed by atoms with Crippen LogP contribution in [0.15, 0.2) is 43.0 Å². The molecule has 4 aromatic rings. The van der Waals surface area contributed by atoms with Crippen LogP contribution >= 0.6 is 0 Å². The van der Waals surface area contributed by atoms with Crippen molar-refractivity contribution < 1.29 is 18.7 Å². The maximum absolute atomic E-state index is 14.2. The molecule has 0 aromatic carbocycles. The number of nitrogens with zero attached hydrogens (tertiary/aromatic N) is 7. The molecule has 1 fully saturated rings. The number of amides is 1. The Hall–Kier alpha value is -4.46. The molecule has 39 heavy (non-hydrogen) atoms. The second kappa shape index (κ2) is 10.4. The van der Waals surface area contributed by atoms with Crippen molar-refractivity contribution in [1.29, 1.82) is 5.26 Å². The largest absolute Gasteiger partial charge is 0.485 e. The van der Waals surface area contributed by atoms with Gasteiger partial charge in [0.25, 0.3) is 0 Å². The van der Waals surface area contributed by atoms with Crippen molar-refractivity contribution in [2.24, 2.45) is 0 Å². The fraction of sp³-hybridized carbons (Fsp3) is 0.393. The lowest BCUT2D eigenvalue weighted by atomic mass is 10.0. The number of rotatable bonds is 5. The van der Waals surface area contributed by atoms with Crippen molar-refractivity contribution >= 4 is 11.6 Å². The summed E-state index contributed by atoms with van der Waals surface area (Å²) in [5.74, 6) is -0.0713. The van der Waals surface area contributed by atoms with Gasteiger partial charge in [0.1, 0.15) is 46.6 Å². The monoisotopic (exact) mass is 531 g/mol. The quantitative estimate of drug-likeness (QED) is 0.354. The molecule has 5 rings (SSSR count). The fourth-order valence-corrected chi connectivity index (χ4v) is 4.79. The standard InChI is InChI=1S/C28H30FN7O3/c1-18-22(15-33-36(18)21-7-10-34(11-8-21)27(37)39-28(2,3)4)19-12-25(26-20(13-30)14-32-35(26)16-19)38-17-24-23(29)6-5-9-31-24/h5-6,9,12,14-16,21H,7-8,10-11,17H2,1-4H3. The Labute approximate surface area is 225 Å². The molecule has 1 aliphatic heterocycles. The number of likely N-dealkylation sites (tertiary alicyclic amines) is 1. The highest BCUT2D eigenvalue weighted by molar-refractivity contribution is 5.76. The molecule has 0 spiro atoms. The lowest BCUT2D eigenvalue weighted by Crippen LogP contribution is -2.42. The number of hydrogen-bond donors (Lipinski definition) is 0. The summed E-state index contributed by atoms with van der Waals surface area (Å²) in [5.41, 5.74) is 3.12. The molecule has 0 atom stereocenters. The zero-order valence-electron chi connectivity index (χ0n) is 22.4. The second-order valence-corrected chi connectivity index (χ2v) is 10.6. The van der Waals surface area contributed by atoms with Gasteiger partial charge in [0, 0.05) is 42.3 Å². The normalized spacial score (nSPS) is 14.4. The minimum atomic E-state index is -0.528. The van der Waals surface area contributed by atoms with Crippen LogP contribution in [0, 0.1) is 24.1 Å². The Kier molecular flexibility index (Phi) is 6.95. The third kappa shape index (κ3) is 5.41. The first-order valence-corrected chi connectivity index (χ1v) is 12.8. The molecule has 5 heterocycles. The maximum Gasteiger partial charge on any atom is 0.410 e. The average molecular weight is 532 g/mol. The third-order valence-electron chi connectivity index (χ3n) is 6.71. The van der Waals surface area contributed by atoms with Gasteiger partial charge in [0.15, 0.2) is 0 Å². The highest BCUT2D eigenvalue weighted by Gasteiger charge is 2.29. The van der Waals surface area contributed by atoms with Gasteiger partial charge in [-0.1, -0.05) is 0 Å². The lowest BCUT2D eigenvalue weighted by Gasteiger charge is -2.33. The lowest BCUT2D eigenvalue weighted by molar-refractivity contribution is 0.0184. The Morgan fingerprint density at radius 1 is 1.23 bits per heavy atom. The third-order valence-corrected chi connectivity index (χ3v) is 6.71. The molecule has 1 amide bonds. The zero-order chi connectivity index (χ0) is 27.7. The number of piperidine rings is 1. The van der Waals surface area contributed by atoms with E-state index in [-0.39, 0.29) is 24.4 Å². The van der Waals surface area contributed by atoms with Crippen molar-refractivity contribution in [2.45, 2.75) is 58.8 Å². The summed E-state index contributed by atoms with van der Waals surface area (Å²) in [6, 6.07) is 6.94. The molecule has 11 heteroatoms. The summed E-state index contributed by atoms with van der Waals surface area (Å²) in [6.07, 6.45) is 7.83. The van der Waals surface area contributed by atoms with Gasteiger partial charge >= 0.3 is 6.09 Å². The van der Waals surface area contributed by atoms with Gasteiger partial charge in [-0.3, -0.25) is 9.67 Å². The Balaban J connectivity index is 1.39. The highest BCUT2D eigenvalue weighted by atomic mass is 19.1. The summed E-state index contributed by atoms with van der Waals surface area (Å²) in [5, 5.41) is 18.6. The van der Waals surface area contributed by atoms with E-state index >= 15 is 0 Å². The van der Waals surface area contributed by atoms with E-state index in [2.05, 4.69) is 21.3 Å². The average Bonchev–Trinajstić information content (AvgIpc) is 3.50. The number of ether oxygens (including phenoxy) is 2. The molecule has 0 aliphatic carbocycles. The number of carbonyl (C=O) groups is 1. The topological polar surface area (TPSA) is 111 Å². The van der Waals surface area contributed by atoms with Crippen LogP contribution in [-0.2, 0) is 11.3 Å². The van der Waals surface area contributed by atoms with Crippen LogP contribution in [0.25, 0.3) is 16.6 Å². The van der Waals surface area contributed by atoms with E-state index in [0.717, 1.165) is 29.7 Å². The molecular formula is C28H30FN7O3. The van der Waals surface area contributed by atoms with Crippen molar-refractivity contribution in [1.82, 2.24) is 29.3 Å². The molecule has 0 N–H and O–H groups in total. The highest BCUT2D eigenvalue weighted by Crippen LogP contribution is 2.34.